The van der Waals surface area contributed by atoms with Gasteiger partial charge < -0.3 is 15.5 Å². The smallest absolute Gasteiger partial charge is 0.151 e. The molecule has 1 fully saturated rings. The number of nitrogen functional groups attached to an aromatic ring is 1. The molecule has 5 aromatic rings. The van der Waals surface area contributed by atoms with Crippen LogP contribution in [0.25, 0.3) is 27.5 Å². The van der Waals surface area contributed by atoms with Crippen LogP contribution in [0.15, 0.2) is 61.1 Å². The average Bonchev–Trinajstić information content (AvgIpc) is 3.46. The molecule has 0 spiro atoms. The summed E-state index contributed by atoms with van der Waals surface area (Å²) in [5, 5.41) is 11.2. The lowest BCUT2D eigenvalue weighted by Crippen LogP contribution is -2.44. The van der Waals surface area contributed by atoms with Gasteiger partial charge in [-0.05, 0) is 61.8 Å². The Labute approximate surface area is 221 Å². The molecule has 37 heavy (non-hydrogen) atoms. The number of nitrogens with zero attached hydrogens (tertiary/aromatic N) is 7. The minimum absolute atomic E-state index is 0.488. The van der Waals surface area contributed by atoms with Gasteiger partial charge in [-0.1, -0.05) is 35.9 Å². The number of likely N-dealkylation sites (N-methyl/N-ethyl adjacent to an activating group) is 1. The first-order chi connectivity index (χ1) is 18.0. The van der Waals surface area contributed by atoms with Crippen LogP contribution in [0.4, 0.5) is 5.82 Å². The van der Waals surface area contributed by atoms with E-state index in [9.17, 15) is 0 Å². The highest BCUT2D eigenvalue weighted by atomic mass is 35.5. The van der Waals surface area contributed by atoms with E-state index in [-0.39, 0.29) is 0 Å². The van der Waals surface area contributed by atoms with Crippen molar-refractivity contribution in [1.29, 1.82) is 0 Å². The maximum absolute atomic E-state index is 6.37. The Balaban J connectivity index is 1.27. The molecule has 2 aromatic carbocycles. The van der Waals surface area contributed by atoms with Crippen LogP contribution in [0.1, 0.15) is 17.7 Å². The van der Waals surface area contributed by atoms with Gasteiger partial charge in [-0.2, -0.15) is 10.2 Å². The Bertz CT molecular complexity index is 1550. The fourth-order valence-corrected chi connectivity index (χ4v) is 5.44. The zero-order valence-electron chi connectivity index (χ0n) is 21.0. The van der Waals surface area contributed by atoms with E-state index < -0.39 is 0 Å². The van der Waals surface area contributed by atoms with Crippen LogP contribution in [0.3, 0.4) is 0 Å². The zero-order valence-corrected chi connectivity index (χ0v) is 21.8. The van der Waals surface area contributed by atoms with E-state index in [1.807, 2.05) is 27.4 Å². The van der Waals surface area contributed by atoms with E-state index in [0.29, 0.717) is 12.4 Å². The summed E-state index contributed by atoms with van der Waals surface area (Å²) in [5.41, 5.74) is 12.5. The van der Waals surface area contributed by atoms with Gasteiger partial charge in [-0.25, -0.2) is 9.50 Å². The van der Waals surface area contributed by atoms with Crippen molar-refractivity contribution < 1.29 is 0 Å². The third-order valence-electron chi connectivity index (χ3n) is 7.26. The van der Waals surface area contributed by atoms with Gasteiger partial charge in [0.05, 0.1) is 12.1 Å². The van der Waals surface area contributed by atoms with E-state index in [1.165, 1.54) is 6.33 Å². The molecule has 1 aliphatic rings. The van der Waals surface area contributed by atoms with Crippen molar-refractivity contribution in [3.05, 3.63) is 77.3 Å². The molecule has 0 unspecified atom stereocenters. The van der Waals surface area contributed by atoms with E-state index >= 15 is 0 Å². The largest absolute Gasteiger partial charge is 0.382 e. The summed E-state index contributed by atoms with van der Waals surface area (Å²) in [6.45, 7) is 6.30. The monoisotopic (exact) mass is 514 g/mol. The highest BCUT2D eigenvalue weighted by Gasteiger charge is 2.17. The number of aromatic nitrogens is 5. The van der Waals surface area contributed by atoms with Gasteiger partial charge >= 0.3 is 0 Å². The molecule has 0 atom stereocenters. The Morgan fingerprint density at radius 1 is 1.03 bits per heavy atom. The summed E-state index contributed by atoms with van der Waals surface area (Å²) in [4.78, 5) is 9.23. The highest BCUT2D eigenvalue weighted by Crippen LogP contribution is 2.32. The quantitative estimate of drug-likeness (QED) is 0.350. The van der Waals surface area contributed by atoms with E-state index in [4.69, 9.17) is 22.4 Å². The fourth-order valence-electron chi connectivity index (χ4n) is 5.22. The van der Waals surface area contributed by atoms with Crippen LogP contribution < -0.4 is 5.73 Å². The lowest BCUT2D eigenvalue weighted by Gasteiger charge is -2.32. The summed E-state index contributed by atoms with van der Waals surface area (Å²) >= 11 is 6.16. The number of fused-ring (bicyclic) bond motifs is 2. The predicted molar refractivity (Wildman–Crippen MR) is 149 cm³/mol. The van der Waals surface area contributed by atoms with Gasteiger partial charge in [0.15, 0.2) is 5.82 Å². The number of piperazine rings is 1. The van der Waals surface area contributed by atoms with Crippen LogP contribution in [0.2, 0.25) is 5.02 Å². The molecule has 0 saturated carbocycles. The topological polar surface area (TPSA) is 80.5 Å². The number of hydrogen-bond acceptors (Lipinski definition) is 6. The summed E-state index contributed by atoms with van der Waals surface area (Å²) < 4.78 is 3.92. The Morgan fingerprint density at radius 2 is 1.89 bits per heavy atom. The number of halogens is 1. The lowest BCUT2D eigenvalue weighted by molar-refractivity contribution is 0.153. The first kappa shape index (κ1) is 23.9. The highest BCUT2D eigenvalue weighted by molar-refractivity contribution is 6.30. The van der Waals surface area contributed by atoms with Crippen molar-refractivity contribution in [1.82, 2.24) is 34.2 Å². The van der Waals surface area contributed by atoms with Crippen LogP contribution in [-0.4, -0.2) is 73.9 Å². The van der Waals surface area contributed by atoms with E-state index in [0.717, 1.165) is 89.4 Å². The average molecular weight is 515 g/mol. The third kappa shape index (κ3) is 5.05. The molecule has 190 valence electrons. The van der Waals surface area contributed by atoms with Gasteiger partial charge in [-0.15, -0.1) is 0 Å². The number of aryl methyl sites for hydroxylation is 1. The Hall–Kier alpha value is -3.46. The molecule has 8 nitrogen and oxygen atoms in total. The van der Waals surface area contributed by atoms with Crippen molar-refractivity contribution in [2.24, 2.45) is 0 Å². The van der Waals surface area contributed by atoms with E-state index in [1.54, 1.807) is 0 Å². The van der Waals surface area contributed by atoms with E-state index in [2.05, 4.69) is 63.5 Å². The van der Waals surface area contributed by atoms with Gasteiger partial charge in [0, 0.05) is 54.0 Å². The van der Waals surface area contributed by atoms with Gasteiger partial charge in [-0.3, -0.25) is 4.68 Å². The maximum Gasteiger partial charge on any atom is 0.151 e. The van der Waals surface area contributed by atoms with Crippen molar-refractivity contribution in [3.8, 4) is 11.1 Å². The number of rotatable bonds is 7. The number of hydrogen-bond donors (Lipinski definition) is 1. The Morgan fingerprint density at radius 3 is 2.73 bits per heavy atom. The molecular weight excluding hydrogens is 484 g/mol. The molecule has 0 radical (unpaired) electrons. The molecular formula is C28H31ClN8. The molecule has 0 amide bonds. The Kier molecular flexibility index (Phi) is 6.54. The summed E-state index contributed by atoms with van der Waals surface area (Å²) in [5.74, 6) is 0.488. The molecule has 0 bridgehead atoms. The molecule has 1 aliphatic heterocycles. The first-order valence-electron chi connectivity index (χ1n) is 12.8. The lowest BCUT2D eigenvalue weighted by atomic mass is 10.0. The van der Waals surface area contributed by atoms with Crippen molar-refractivity contribution >= 4 is 33.8 Å². The maximum atomic E-state index is 6.37. The first-order valence-corrected chi connectivity index (χ1v) is 13.2. The van der Waals surface area contributed by atoms with Gasteiger partial charge in [0.1, 0.15) is 11.8 Å². The van der Waals surface area contributed by atoms with Crippen LogP contribution in [0.5, 0.6) is 0 Å². The minimum Gasteiger partial charge on any atom is -0.382 e. The molecule has 3 aromatic heterocycles. The molecule has 0 aliphatic carbocycles. The molecule has 1 saturated heterocycles. The predicted octanol–water partition coefficient (Wildman–Crippen LogP) is 4.21. The minimum atomic E-state index is 0.488. The van der Waals surface area contributed by atoms with Crippen molar-refractivity contribution in [2.75, 3.05) is 45.5 Å². The van der Waals surface area contributed by atoms with Crippen molar-refractivity contribution in [3.63, 3.8) is 0 Å². The second-order valence-corrected chi connectivity index (χ2v) is 10.4. The zero-order chi connectivity index (χ0) is 25.4. The molecule has 6 rings (SSSR count). The molecule has 4 heterocycles. The molecule has 2 N–H and O–H groups in total. The van der Waals surface area contributed by atoms with Crippen LogP contribution >= 0.6 is 11.6 Å². The van der Waals surface area contributed by atoms with Gasteiger partial charge in [0.25, 0.3) is 0 Å². The normalized spacial score (nSPS) is 15.2. The fraction of sp³-hybridized carbons (Fsp3) is 0.321. The second-order valence-electron chi connectivity index (χ2n) is 9.93. The summed E-state index contributed by atoms with van der Waals surface area (Å²) in [7, 11) is 2.19. The number of nitrogens with two attached hydrogens (primary N) is 1. The second kappa shape index (κ2) is 10.1. The number of anilines is 1. The third-order valence-corrected chi connectivity index (χ3v) is 7.49. The number of benzene rings is 2. The molecule has 9 heteroatoms. The van der Waals surface area contributed by atoms with Crippen LogP contribution in [0, 0.1) is 0 Å². The van der Waals surface area contributed by atoms with Gasteiger partial charge in [0.2, 0.25) is 0 Å². The standard InChI is InChI=1S/C28H31ClN8/c1-34-10-12-35(13-11-34)9-3-6-24-16-25(27-28(30)31-19-32-37(24)27)21-7-8-22-18-36(33-26(22)15-21)17-20-4-2-5-23(29)14-20/h2,4-5,7-8,14-16,18-19H,3,6,9-13,17H2,1H3,(H2,30,31,32). The summed E-state index contributed by atoms with van der Waals surface area (Å²) in [6, 6.07) is 16.5. The SMILES string of the molecule is CN1CCN(CCCc2cc(-c3ccc4cn(Cc5cccc(Cl)c5)nc4c3)c3c(N)ncnn23)CC1. The van der Waals surface area contributed by atoms with Crippen LogP contribution in [-0.2, 0) is 13.0 Å². The summed E-state index contributed by atoms with van der Waals surface area (Å²) in [6.07, 6.45) is 5.61. The van der Waals surface area contributed by atoms with Crippen molar-refractivity contribution in [2.45, 2.75) is 19.4 Å².